The van der Waals surface area contributed by atoms with Crippen molar-refractivity contribution in [1.29, 1.82) is 0 Å². The molecule has 0 bridgehead atoms. The number of piperidine rings is 1. The lowest BCUT2D eigenvalue weighted by molar-refractivity contribution is -0.131. The van der Waals surface area contributed by atoms with Crippen molar-refractivity contribution in [3.63, 3.8) is 0 Å². The second-order valence-electron chi connectivity index (χ2n) is 12.9. The monoisotopic (exact) mass is 634 g/mol. The van der Waals surface area contributed by atoms with Crippen molar-refractivity contribution in [1.82, 2.24) is 30.9 Å². The van der Waals surface area contributed by atoms with Crippen molar-refractivity contribution in [3.8, 4) is 0 Å². The molecule has 3 aliphatic rings. The Morgan fingerprint density at radius 1 is 1.00 bits per heavy atom. The van der Waals surface area contributed by atoms with Gasteiger partial charge >= 0.3 is 0 Å². The highest BCUT2D eigenvalue weighted by Gasteiger charge is 2.40. The van der Waals surface area contributed by atoms with Crippen LogP contribution < -0.4 is 26.6 Å². The Hall–Kier alpha value is -3.70. The Morgan fingerprint density at radius 3 is 2.44 bits per heavy atom. The molecule has 12 heteroatoms. The predicted molar refractivity (Wildman–Crippen MR) is 173 cm³/mol. The van der Waals surface area contributed by atoms with Gasteiger partial charge in [0, 0.05) is 36.8 Å². The standard InChI is InChI=1S/C33H43ClN8O3/c34-24-10-8-21(9-11-24)26(13-17-37-31(44)27(22-4-2-1-3-5-22)41-30(43)23-6-7-23)40-32(45)33(35)14-18-42(19-15-33)29-25-12-16-36-28(25)38-20-39-29/h8-12,16,20,22-23,26-27H,1-7,13-15,17-19,35H2,(H,37,44)(H,40,45)(H,41,43)(H,36,38,39)/t26-,27+/m0/s1. The summed E-state index contributed by atoms with van der Waals surface area (Å²) in [6, 6.07) is 8.40. The smallest absolute Gasteiger partial charge is 0.242 e. The number of H-pyrrole nitrogens is 1. The summed E-state index contributed by atoms with van der Waals surface area (Å²) in [7, 11) is 0. The number of nitrogens with zero attached hydrogens (tertiary/aromatic N) is 3. The Bertz CT molecular complexity index is 1490. The number of nitrogens with two attached hydrogens (primary N) is 1. The van der Waals surface area contributed by atoms with E-state index in [1.807, 2.05) is 24.4 Å². The molecule has 0 unspecified atom stereocenters. The number of anilines is 1. The average molecular weight is 635 g/mol. The molecule has 2 atom stereocenters. The Labute approximate surface area is 268 Å². The number of aromatic nitrogens is 3. The molecule has 6 rings (SSSR count). The van der Waals surface area contributed by atoms with Crippen molar-refractivity contribution in [2.24, 2.45) is 17.6 Å². The fourth-order valence-electron chi connectivity index (χ4n) is 6.71. The molecule has 2 saturated carbocycles. The number of hydrogen-bond donors (Lipinski definition) is 5. The minimum Gasteiger partial charge on any atom is -0.356 e. The van der Waals surface area contributed by atoms with Gasteiger partial charge in [0.25, 0.3) is 0 Å². The van der Waals surface area contributed by atoms with Crippen LogP contribution in [-0.4, -0.2) is 63.9 Å². The highest BCUT2D eigenvalue weighted by molar-refractivity contribution is 6.30. The number of hydrogen-bond acceptors (Lipinski definition) is 7. The molecule has 1 aliphatic heterocycles. The first kappa shape index (κ1) is 31.3. The van der Waals surface area contributed by atoms with E-state index < -0.39 is 11.6 Å². The van der Waals surface area contributed by atoms with E-state index in [2.05, 4.69) is 35.8 Å². The van der Waals surface area contributed by atoms with E-state index in [0.717, 1.165) is 60.9 Å². The third-order valence-electron chi connectivity index (χ3n) is 9.70. The first-order valence-electron chi connectivity index (χ1n) is 16.3. The fourth-order valence-corrected chi connectivity index (χ4v) is 6.83. The first-order chi connectivity index (χ1) is 21.8. The summed E-state index contributed by atoms with van der Waals surface area (Å²) >= 11 is 6.17. The molecule has 2 aromatic heterocycles. The van der Waals surface area contributed by atoms with E-state index in [-0.39, 0.29) is 35.6 Å². The molecule has 1 aromatic carbocycles. The topological polar surface area (TPSA) is 158 Å². The van der Waals surface area contributed by atoms with Gasteiger partial charge in [-0.25, -0.2) is 9.97 Å². The van der Waals surface area contributed by atoms with Crippen LogP contribution in [0.25, 0.3) is 11.0 Å². The lowest BCUT2D eigenvalue weighted by Gasteiger charge is -2.39. The summed E-state index contributed by atoms with van der Waals surface area (Å²) in [5.41, 5.74) is 7.36. The summed E-state index contributed by atoms with van der Waals surface area (Å²) < 4.78 is 0. The number of halogens is 1. The number of amides is 3. The average Bonchev–Trinajstić information content (AvgIpc) is 3.80. The molecular weight excluding hydrogens is 592 g/mol. The van der Waals surface area contributed by atoms with Crippen LogP contribution in [0.2, 0.25) is 5.02 Å². The van der Waals surface area contributed by atoms with Gasteiger partial charge in [0.15, 0.2) is 0 Å². The number of carbonyl (C=O) groups excluding carboxylic acids is 3. The molecule has 45 heavy (non-hydrogen) atoms. The van der Waals surface area contributed by atoms with Gasteiger partial charge in [-0.1, -0.05) is 43.0 Å². The molecule has 0 spiro atoms. The van der Waals surface area contributed by atoms with Crippen LogP contribution in [-0.2, 0) is 14.4 Å². The van der Waals surface area contributed by atoms with Crippen LogP contribution in [0, 0.1) is 11.8 Å². The van der Waals surface area contributed by atoms with E-state index in [1.165, 1.54) is 6.42 Å². The predicted octanol–water partition coefficient (Wildman–Crippen LogP) is 3.75. The van der Waals surface area contributed by atoms with Crippen LogP contribution in [0.4, 0.5) is 5.82 Å². The van der Waals surface area contributed by atoms with E-state index in [1.54, 1.807) is 18.5 Å². The molecule has 1 saturated heterocycles. The lowest BCUT2D eigenvalue weighted by atomic mass is 9.83. The molecule has 11 nitrogen and oxygen atoms in total. The molecular formula is C33H43ClN8O3. The zero-order chi connectivity index (χ0) is 31.4. The van der Waals surface area contributed by atoms with Gasteiger partial charge in [-0.05, 0) is 74.6 Å². The van der Waals surface area contributed by atoms with Gasteiger partial charge < -0.3 is 31.6 Å². The van der Waals surface area contributed by atoms with Crippen LogP contribution in [0.15, 0.2) is 42.9 Å². The third kappa shape index (κ3) is 7.41. The number of benzene rings is 1. The maximum Gasteiger partial charge on any atom is 0.242 e. The Morgan fingerprint density at radius 2 is 1.73 bits per heavy atom. The van der Waals surface area contributed by atoms with Crippen LogP contribution in [0.5, 0.6) is 0 Å². The molecule has 2 aliphatic carbocycles. The maximum atomic E-state index is 13.7. The minimum atomic E-state index is -1.05. The molecule has 0 radical (unpaired) electrons. The zero-order valence-electron chi connectivity index (χ0n) is 25.6. The van der Waals surface area contributed by atoms with Crippen molar-refractivity contribution in [2.75, 3.05) is 24.5 Å². The summed E-state index contributed by atoms with van der Waals surface area (Å²) in [6.07, 6.45) is 11.8. The van der Waals surface area contributed by atoms with Gasteiger partial charge in [-0.15, -0.1) is 0 Å². The van der Waals surface area contributed by atoms with E-state index in [4.69, 9.17) is 17.3 Å². The van der Waals surface area contributed by atoms with Gasteiger partial charge in [-0.2, -0.15) is 0 Å². The summed E-state index contributed by atoms with van der Waals surface area (Å²) in [5.74, 6) is 0.633. The van der Waals surface area contributed by atoms with Crippen LogP contribution in [0.3, 0.4) is 0 Å². The van der Waals surface area contributed by atoms with Gasteiger partial charge in [-0.3, -0.25) is 14.4 Å². The number of rotatable bonds is 11. The van der Waals surface area contributed by atoms with Gasteiger partial charge in [0.1, 0.15) is 23.8 Å². The Balaban J connectivity index is 1.09. The second kappa shape index (κ2) is 13.7. The SMILES string of the molecule is NC1(C(=O)N[C@@H](CCNC(=O)[C@H](NC(=O)C2CC2)C2CCCCC2)c2ccc(Cl)cc2)CCN(c2ncnc3[nH]ccc23)CC1. The van der Waals surface area contributed by atoms with Crippen molar-refractivity contribution >= 4 is 46.2 Å². The molecule has 3 fully saturated rings. The summed E-state index contributed by atoms with van der Waals surface area (Å²) in [4.78, 5) is 53.9. The minimum absolute atomic E-state index is 0.0106. The van der Waals surface area contributed by atoms with Gasteiger partial charge in [0.2, 0.25) is 17.7 Å². The van der Waals surface area contributed by atoms with Gasteiger partial charge in [0.05, 0.1) is 17.0 Å². The van der Waals surface area contributed by atoms with E-state index in [9.17, 15) is 14.4 Å². The molecule has 3 aromatic rings. The fraction of sp³-hybridized carbons (Fsp3) is 0.545. The first-order valence-corrected chi connectivity index (χ1v) is 16.6. The molecule has 3 heterocycles. The van der Waals surface area contributed by atoms with E-state index >= 15 is 0 Å². The summed E-state index contributed by atoms with van der Waals surface area (Å²) in [5, 5.41) is 10.9. The highest BCUT2D eigenvalue weighted by atomic mass is 35.5. The third-order valence-corrected chi connectivity index (χ3v) is 9.95. The highest BCUT2D eigenvalue weighted by Crippen LogP contribution is 2.32. The van der Waals surface area contributed by atoms with Crippen LogP contribution >= 0.6 is 11.6 Å². The number of nitrogens with one attached hydrogen (secondary N) is 4. The zero-order valence-corrected chi connectivity index (χ0v) is 26.3. The Kier molecular flexibility index (Phi) is 9.56. The van der Waals surface area contributed by atoms with Crippen molar-refractivity contribution in [2.45, 2.75) is 81.8 Å². The van der Waals surface area contributed by atoms with Crippen molar-refractivity contribution < 1.29 is 14.4 Å². The summed E-state index contributed by atoms with van der Waals surface area (Å²) in [6.45, 7) is 1.50. The number of carbonyl (C=O) groups is 3. The normalized spacial score (nSPS) is 19.9. The van der Waals surface area contributed by atoms with Crippen LogP contribution in [0.1, 0.15) is 75.8 Å². The molecule has 240 valence electrons. The molecule has 6 N–H and O–H groups in total. The largest absolute Gasteiger partial charge is 0.356 e. The second-order valence-corrected chi connectivity index (χ2v) is 13.3. The van der Waals surface area contributed by atoms with E-state index in [0.29, 0.717) is 43.9 Å². The van der Waals surface area contributed by atoms with Crippen molar-refractivity contribution in [3.05, 3.63) is 53.4 Å². The number of fused-ring (bicyclic) bond motifs is 1. The lowest BCUT2D eigenvalue weighted by Crippen LogP contribution is -2.60. The maximum absolute atomic E-state index is 13.7. The number of aromatic amines is 1. The molecule has 3 amide bonds. The quantitative estimate of drug-likeness (QED) is 0.215.